The SMILES string of the molecule is COc1ccc(-n2cnc(C(C)=O)c2C)cc1. The number of nitrogens with zero attached hydrogens (tertiary/aromatic N) is 2. The van der Waals surface area contributed by atoms with Crippen LogP contribution in [0.25, 0.3) is 5.69 Å². The molecule has 4 heteroatoms. The first kappa shape index (κ1) is 11.4. The van der Waals surface area contributed by atoms with Crippen LogP contribution < -0.4 is 4.74 Å². The minimum absolute atomic E-state index is 0.0187. The molecule has 0 unspecified atom stereocenters. The summed E-state index contributed by atoms with van der Waals surface area (Å²) < 4.78 is 6.98. The van der Waals surface area contributed by atoms with Crippen molar-refractivity contribution in [1.29, 1.82) is 0 Å². The van der Waals surface area contributed by atoms with E-state index in [9.17, 15) is 4.79 Å². The first-order chi connectivity index (χ1) is 8.13. The Kier molecular flexibility index (Phi) is 2.95. The largest absolute Gasteiger partial charge is 0.497 e. The summed E-state index contributed by atoms with van der Waals surface area (Å²) in [7, 11) is 1.63. The molecule has 17 heavy (non-hydrogen) atoms. The normalized spacial score (nSPS) is 10.3. The summed E-state index contributed by atoms with van der Waals surface area (Å²) in [5, 5.41) is 0. The van der Waals surface area contributed by atoms with Gasteiger partial charge in [0.05, 0.1) is 12.8 Å². The molecule has 0 saturated heterocycles. The van der Waals surface area contributed by atoms with Gasteiger partial charge in [0.15, 0.2) is 5.78 Å². The molecule has 0 N–H and O–H groups in total. The molecule has 2 aromatic rings. The van der Waals surface area contributed by atoms with Crippen LogP contribution in [0.15, 0.2) is 30.6 Å². The standard InChI is InChI=1S/C13H14N2O2/c1-9-13(10(2)16)14-8-15(9)11-4-6-12(17-3)7-5-11/h4-8H,1-3H3. The molecule has 0 aliphatic rings. The fourth-order valence-electron chi connectivity index (χ4n) is 1.76. The molecule has 0 aliphatic heterocycles. The van der Waals surface area contributed by atoms with Gasteiger partial charge < -0.3 is 9.30 Å². The first-order valence-corrected chi connectivity index (χ1v) is 5.33. The van der Waals surface area contributed by atoms with Gasteiger partial charge in [-0.1, -0.05) is 0 Å². The van der Waals surface area contributed by atoms with Crippen LogP contribution in [0.3, 0.4) is 0 Å². The average molecular weight is 230 g/mol. The van der Waals surface area contributed by atoms with Crippen LogP contribution in [-0.2, 0) is 0 Å². The van der Waals surface area contributed by atoms with E-state index in [1.165, 1.54) is 6.92 Å². The summed E-state index contributed by atoms with van der Waals surface area (Å²) in [6, 6.07) is 7.61. The predicted molar refractivity (Wildman–Crippen MR) is 64.9 cm³/mol. The fraction of sp³-hybridized carbons (Fsp3) is 0.231. The van der Waals surface area contributed by atoms with E-state index in [2.05, 4.69) is 4.98 Å². The van der Waals surface area contributed by atoms with Crippen molar-refractivity contribution in [3.05, 3.63) is 42.0 Å². The van der Waals surface area contributed by atoms with Crippen LogP contribution in [-0.4, -0.2) is 22.4 Å². The molecular weight excluding hydrogens is 216 g/mol. The highest BCUT2D eigenvalue weighted by atomic mass is 16.5. The van der Waals surface area contributed by atoms with Crippen LogP contribution in [0, 0.1) is 6.92 Å². The van der Waals surface area contributed by atoms with Crippen molar-refractivity contribution in [2.45, 2.75) is 13.8 Å². The zero-order valence-electron chi connectivity index (χ0n) is 10.1. The third kappa shape index (κ3) is 2.06. The molecule has 0 aliphatic carbocycles. The summed E-state index contributed by atoms with van der Waals surface area (Å²) in [5.41, 5.74) is 2.33. The average Bonchev–Trinajstić information content (AvgIpc) is 2.71. The highest BCUT2D eigenvalue weighted by molar-refractivity contribution is 5.93. The quantitative estimate of drug-likeness (QED) is 0.760. The number of Topliss-reactive ketones (excluding diaryl/α,β-unsaturated/α-hetero) is 1. The Morgan fingerprint density at radius 3 is 2.41 bits per heavy atom. The van der Waals surface area contributed by atoms with Crippen LogP contribution in [0.5, 0.6) is 5.75 Å². The number of benzene rings is 1. The van der Waals surface area contributed by atoms with Gasteiger partial charge in [0, 0.05) is 12.6 Å². The van der Waals surface area contributed by atoms with E-state index in [0.29, 0.717) is 5.69 Å². The number of methoxy groups -OCH3 is 1. The van der Waals surface area contributed by atoms with E-state index in [-0.39, 0.29) is 5.78 Å². The van der Waals surface area contributed by atoms with Gasteiger partial charge in [-0.25, -0.2) is 4.98 Å². The molecule has 1 aromatic heterocycles. The highest BCUT2D eigenvalue weighted by Gasteiger charge is 2.11. The van der Waals surface area contributed by atoms with Crippen molar-refractivity contribution >= 4 is 5.78 Å². The van der Waals surface area contributed by atoms with E-state index in [0.717, 1.165) is 17.1 Å². The molecule has 0 radical (unpaired) electrons. The summed E-state index contributed by atoms with van der Waals surface area (Å²) in [6.07, 6.45) is 1.66. The number of hydrogen-bond acceptors (Lipinski definition) is 3. The Bertz CT molecular complexity index is 541. The number of rotatable bonds is 3. The topological polar surface area (TPSA) is 44.1 Å². The zero-order chi connectivity index (χ0) is 12.4. The Morgan fingerprint density at radius 1 is 1.29 bits per heavy atom. The maximum Gasteiger partial charge on any atom is 0.179 e. The number of ether oxygens (including phenoxy) is 1. The number of hydrogen-bond donors (Lipinski definition) is 0. The zero-order valence-corrected chi connectivity index (χ0v) is 10.1. The van der Waals surface area contributed by atoms with Gasteiger partial charge in [0.25, 0.3) is 0 Å². The summed E-state index contributed by atoms with van der Waals surface area (Å²) in [4.78, 5) is 15.4. The second-order valence-electron chi connectivity index (χ2n) is 3.80. The Balaban J connectivity index is 2.42. The molecule has 1 heterocycles. The van der Waals surface area contributed by atoms with Crippen molar-refractivity contribution < 1.29 is 9.53 Å². The van der Waals surface area contributed by atoms with Gasteiger partial charge in [-0.3, -0.25) is 4.79 Å². The monoisotopic (exact) mass is 230 g/mol. The van der Waals surface area contributed by atoms with Gasteiger partial charge in [-0.05, 0) is 31.2 Å². The molecular formula is C13H14N2O2. The molecule has 0 fully saturated rings. The lowest BCUT2D eigenvalue weighted by molar-refractivity contribution is 0.101. The number of carbonyl (C=O) groups excluding carboxylic acids is 1. The third-order valence-corrected chi connectivity index (χ3v) is 2.69. The van der Waals surface area contributed by atoms with Crippen molar-refractivity contribution in [1.82, 2.24) is 9.55 Å². The van der Waals surface area contributed by atoms with Crippen LogP contribution in [0.1, 0.15) is 23.1 Å². The lowest BCUT2D eigenvalue weighted by atomic mass is 10.2. The number of aromatic nitrogens is 2. The lowest BCUT2D eigenvalue weighted by Gasteiger charge is -2.06. The van der Waals surface area contributed by atoms with Gasteiger partial charge in [-0.15, -0.1) is 0 Å². The van der Waals surface area contributed by atoms with Crippen LogP contribution in [0.4, 0.5) is 0 Å². The third-order valence-electron chi connectivity index (χ3n) is 2.69. The molecule has 4 nitrogen and oxygen atoms in total. The number of carbonyl (C=O) groups is 1. The lowest BCUT2D eigenvalue weighted by Crippen LogP contribution is -1.99. The maximum absolute atomic E-state index is 11.3. The molecule has 88 valence electrons. The predicted octanol–water partition coefficient (Wildman–Crippen LogP) is 2.39. The van der Waals surface area contributed by atoms with E-state index in [4.69, 9.17) is 4.74 Å². The first-order valence-electron chi connectivity index (χ1n) is 5.33. The molecule has 0 bridgehead atoms. The van der Waals surface area contributed by atoms with Gasteiger partial charge in [0.2, 0.25) is 0 Å². The van der Waals surface area contributed by atoms with Crippen molar-refractivity contribution in [2.75, 3.05) is 7.11 Å². The van der Waals surface area contributed by atoms with E-state index >= 15 is 0 Å². The molecule has 0 amide bonds. The molecule has 0 atom stereocenters. The smallest absolute Gasteiger partial charge is 0.179 e. The number of ketones is 1. The van der Waals surface area contributed by atoms with E-state index in [1.807, 2.05) is 35.8 Å². The minimum atomic E-state index is -0.0187. The Labute approximate surface area is 99.9 Å². The summed E-state index contributed by atoms with van der Waals surface area (Å²) >= 11 is 0. The minimum Gasteiger partial charge on any atom is -0.497 e. The van der Waals surface area contributed by atoms with Crippen LogP contribution >= 0.6 is 0 Å². The summed E-state index contributed by atoms with van der Waals surface area (Å²) in [6.45, 7) is 3.40. The van der Waals surface area contributed by atoms with Crippen molar-refractivity contribution in [3.8, 4) is 11.4 Å². The Hall–Kier alpha value is -2.10. The van der Waals surface area contributed by atoms with Gasteiger partial charge in [-0.2, -0.15) is 0 Å². The van der Waals surface area contributed by atoms with Gasteiger partial charge in [0.1, 0.15) is 17.8 Å². The van der Waals surface area contributed by atoms with E-state index in [1.54, 1.807) is 13.4 Å². The second kappa shape index (κ2) is 4.41. The van der Waals surface area contributed by atoms with Crippen molar-refractivity contribution in [3.63, 3.8) is 0 Å². The second-order valence-corrected chi connectivity index (χ2v) is 3.80. The summed E-state index contributed by atoms with van der Waals surface area (Å²) in [5.74, 6) is 0.785. The Morgan fingerprint density at radius 2 is 1.94 bits per heavy atom. The van der Waals surface area contributed by atoms with Gasteiger partial charge >= 0.3 is 0 Å². The van der Waals surface area contributed by atoms with Crippen LogP contribution in [0.2, 0.25) is 0 Å². The fourth-order valence-corrected chi connectivity index (χ4v) is 1.76. The molecule has 0 saturated carbocycles. The van der Waals surface area contributed by atoms with Crippen molar-refractivity contribution in [2.24, 2.45) is 0 Å². The molecule has 2 rings (SSSR count). The number of imidazole rings is 1. The van der Waals surface area contributed by atoms with E-state index < -0.39 is 0 Å². The molecule has 1 aromatic carbocycles. The maximum atomic E-state index is 11.3. The highest BCUT2D eigenvalue weighted by Crippen LogP contribution is 2.18. The molecule has 0 spiro atoms.